The lowest BCUT2D eigenvalue weighted by molar-refractivity contribution is -0.137. The summed E-state index contributed by atoms with van der Waals surface area (Å²) in [5.74, 6) is 0.718. The Morgan fingerprint density at radius 2 is 1.85 bits per heavy atom. The summed E-state index contributed by atoms with van der Waals surface area (Å²) >= 11 is 0. The summed E-state index contributed by atoms with van der Waals surface area (Å²) in [5, 5.41) is 12.1. The van der Waals surface area contributed by atoms with Crippen LogP contribution in [0.25, 0.3) is 0 Å². The Balaban J connectivity index is 2.12. The van der Waals surface area contributed by atoms with E-state index in [0.29, 0.717) is 5.69 Å². The Hall–Kier alpha value is -1.70. The number of hydrogen-bond donors (Lipinski definition) is 1. The molecule has 0 spiro atoms. The number of benzene rings is 1. The molecule has 0 bridgehead atoms. The molecule has 0 heterocycles. The van der Waals surface area contributed by atoms with Crippen molar-refractivity contribution in [3.05, 3.63) is 29.3 Å². The van der Waals surface area contributed by atoms with Crippen molar-refractivity contribution in [1.29, 1.82) is 5.26 Å². The minimum atomic E-state index is -4.48. The van der Waals surface area contributed by atoms with E-state index in [1.807, 2.05) is 0 Å². The Labute approximate surface area is 116 Å². The van der Waals surface area contributed by atoms with Gasteiger partial charge in [-0.2, -0.15) is 18.4 Å². The average molecular weight is 282 g/mol. The van der Waals surface area contributed by atoms with Crippen LogP contribution in [-0.2, 0) is 6.18 Å². The van der Waals surface area contributed by atoms with Crippen molar-refractivity contribution in [3.8, 4) is 6.07 Å². The zero-order chi connectivity index (χ0) is 14.8. The fourth-order valence-electron chi connectivity index (χ4n) is 2.61. The van der Waals surface area contributed by atoms with Gasteiger partial charge in [-0.1, -0.05) is 6.92 Å². The lowest BCUT2D eigenvalue weighted by atomic mass is 9.87. The standard InChI is InChI=1S/C15H17F3N2/c1-10-2-4-12(5-3-10)20-13-6-7-14(15(16,17)18)11(8-13)9-19/h6-8,10,12,20H,2-5H2,1H3. The van der Waals surface area contributed by atoms with Crippen LogP contribution in [0.4, 0.5) is 18.9 Å². The lowest BCUT2D eigenvalue weighted by Crippen LogP contribution is -2.25. The van der Waals surface area contributed by atoms with Crippen LogP contribution in [0.5, 0.6) is 0 Å². The van der Waals surface area contributed by atoms with Crippen LogP contribution in [0.2, 0.25) is 0 Å². The summed E-state index contributed by atoms with van der Waals surface area (Å²) in [4.78, 5) is 0. The van der Waals surface area contributed by atoms with Crippen molar-refractivity contribution in [3.63, 3.8) is 0 Å². The summed E-state index contributed by atoms with van der Waals surface area (Å²) in [7, 11) is 0. The number of rotatable bonds is 2. The van der Waals surface area contributed by atoms with Crippen LogP contribution in [-0.4, -0.2) is 6.04 Å². The fourth-order valence-corrected chi connectivity index (χ4v) is 2.61. The van der Waals surface area contributed by atoms with Gasteiger partial charge in [0, 0.05) is 11.7 Å². The van der Waals surface area contributed by atoms with Crippen molar-refractivity contribution < 1.29 is 13.2 Å². The van der Waals surface area contributed by atoms with Gasteiger partial charge < -0.3 is 5.32 Å². The minimum Gasteiger partial charge on any atom is -0.382 e. The molecule has 0 saturated heterocycles. The Bertz CT molecular complexity index is 509. The largest absolute Gasteiger partial charge is 0.417 e. The van der Waals surface area contributed by atoms with Crippen LogP contribution in [0.15, 0.2) is 18.2 Å². The van der Waals surface area contributed by atoms with E-state index in [-0.39, 0.29) is 11.6 Å². The molecule has 5 heteroatoms. The second-order valence-corrected chi connectivity index (χ2v) is 5.47. The monoisotopic (exact) mass is 282 g/mol. The van der Waals surface area contributed by atoms with Gasteiger partial charge in [-0.15, -0.1) is 0 Å². The van der Waals surface area contributed by atoms with E-state index in [0.717, 1.165) is 37.7 Å². The first-order chi connectivity index (χ1) is 9.40. The molecule has 2 nitrogen and oxygen atoms in total. The third kappa shape index (κ3) is 3.44. The maximum absolute atomic E-state index is 12.7. The molecule has 1 aromatic rings. The zero-order valence-corrected chi connectivity index (χ0v) is 11.3. The smallest absolute Gasteiger partial charge is 0.382 e. The molecule has 1 aliphatic carbocycles. The summed E-state index contributed by atoms with van der Waals surface area (Å²) in [6.45, 7) is 2.21. The summed E-state index contributed by atoms with van der Waals surface area (Å²) in [6, 6.07) is 5.59. The maximum atomic E-state index is 12.7. The van der Waals surface area contributed by atoms with Crippen molar-refractivity contribution >= 4 is 5.69 Å². The number of nitrogens with zero attached hydrogens (tertiary/aromatic N) is 1. The van der Waals surface area contributed by atoms with E-state index in [1.54, 1.807) is 6.07 Å². The van der Waals surface area contributed by atoms with Gasteiger partial charge in [0.25, 0.3) is 0 Å². The van der Waals surface area contributed by atoms with Gasteiger partial charge in [-0.3, -0.25) is 0 Å². The highest BCUT2D eigenvalue weighted by Crippen LogP contribution is 2.33. The molecule has 0 unspecified atom stereocenters. The Morgan fingerprint density at radius 3 is 2.40 bits per heavy atom. The van der Waals surface area contributed by atoms with E-state index < -0.39 is 11.7 Å². The number of hydrogen-bond acceptors (Lipinski definition) is 2. The van der Waals surface area contributed by atoms with E-state index in [4.69, 9.17) is 5.26 Å². The van der Waals surface area contributed by atoms with Crippen LogP contribution in [0.3, 0.4) is 0 Å². The van der Waals surface area contributed by atoms with Crippen LogP contribution >= 0.6 is 0 Å². The highest BCUT2D eigenvalue weighted by Gasteiger charge is 2.33. The molecule has 20 heavy (non-hydrogen) atoms. The van der Waals surface area contributed by atoms with Gasteiger partial charge in [0.1, 0.15) is 0 Å². The number of alkyl halides is 3. The molecule has 1 aromatic carbocycles. The first-order valence-electron chi connectivity index (χ1n) is 6.78. The Kier molecular flexibility index (Phi) is 4.22. The lowest BCUT2D eigenvalue weighted by Gasteiger charge is -2.28. The molecule has 0 aliphatic heterocycles. The number of halogens is 3. The minimum absolute atomic E-state index is 0.287. The predicted octanol–water partition coefficient (Wildman–Crippen LogP) is 4.57. The number of anilines is 1. The van der Waals surface area contributed by atoms with E-state index in [2.05, 4.69) is 12.2 Å². The predicted molar refractivity (Wildman–Crippen MR) is 71.2 cm³/mol. The topological polar surface area (TPSA) is 35.8 Å². The molecule has 1 saturated carbocycles. The summed E-state index contributed by atoms with van der Waals surface area (Å²) in [5.41, 5.74) is -0.608. The quantitative estimate of drug-likeness (QED) is 0.862. The molecule has 0 aromatic heterocycles. The number of nitrogens with one attached hydrogen (secondary N) is 1. The first-order valence-corrected chi connectivity index (χ1v) is 6.78. The van der Waals surface area contributed by atoms with Gasteiger partial charge >= 0.3 is 6.18 Å². The SMILES string of the molecule is CC1CCC(Nc2ccc(C(F)(F)F)c(C#N)c2)CC1. The second-order valence-electron chi connectivity index (χ2n) is 5.47. The normalized spacial score (nSPS) is 23.1. The van der Waals surface area contributed by atoms with Crippen molar-refractivity contribution in [2.45, 2.75) is 44.8 Å². The van der Waals surface area contributed by atoms with Gasteiger partial charge in [0.15, 0.2) is 0 Å². The fraction of sp³-hybridized carbons (Fsp3) is 0.533. The van der Waals surface area contributed by atoms with Gasteiger partial charge in [-0.05, 0) is 49.8 Å². The molecule has 0 atom stereocenters. The second kappa shape index (κ2) is 5.74. The molecular formula is C15H17F3N2. The molecule has 2 rings (SSSR count). The highest BCUT2D eigenvalue weighted by molar-refractivity contribution is 5.54. The molecule has 1 fully saturated rings. The maximum Gasteiger partial charge on any atom is 0.417 e. The van der Waals surface area contributed by atoms with Gasteiger partial charge in [-0.25, -0.2) is 0 Å². The van der Waals surface area contributed by atoms with Crippen molar-refractivity contribution in [2.75, 3.05) is 5.32 Å². The van der Waals surface area contributed by atoms with Crippen molar-refractivity contribution in [1.82, 2.24) is 0 Å². The molecular weight excluding hydrogens is 265 g/mol. The molecule has 1 aliphatic rings. The molecule has 0 amide bonds. The Morgan fingerprint density at radius 1 is 1.20 bits per heavy atom. The molecule has 1 N–H and O–H groups in total. The van der Waals surface area contributed by atoms with E-state index in [9.17, 15) is 13.2 Å². The summed E-state index contributed by atoms with van der Waals surface area (Å²) < 4.78 is 38.1. The third-order valence-electron chi connectivity index (χ3n) is 3.83. The van der Waals surface area contributed by atoms with E-state index in [1.165, 1.54) is 12.1 Å². The van der Waals surface area contributed by atoms with Gasteiger partial charge in [0.2, 0.25) is 0 Å². The van der Waals surface area contributed by atoms with Crippen LogP contribution < -0.4 is 5.32 Å². The van der Waals surface area contributed by atoms with E-state index >= 15 is 0 Å². The highest BCUT2D eigenvalue weighted by atomic mass is 19.4. The van der Waals surface area contributed by atoms with Crippen LogP contribution in [0.1, 0.15) is 43.7 Å². The molecule has 108 valence electrons. The summed E-state index contributed by atoms with van der Waals surface area (Å²) in [6.07, 6.45) is -0.190. The zero-order valence-electron chi connectivity index (χ0n) is 11.3. The molecule has 0 radical (unpaired) electrons. The van der Waals surface area contributed by atoms with Gasteiger partial charge in [0.05, 0.1) is 17.2 Å². The average Bonchev–Trinajstić information content (AvgIpc) is 2.40. The number of nitriles is 1. The first kappa shape index (κ1) is 14.7. The van der Waals surface area contributed by atoms with Crippen LogP contribution in [0, 0.1) is 17.2 Å². The third-order valence-corrected chi connectivity index (χ3v) is 3.83. The van der Waals surface area contributed by atoms with Crippen molar-refractivity contribution in [2.24, 2.45) is 5.92 Å².